The highest BCUT2D eigenvalue weighted by molar-refractivity contribution is 7.09. The van der Waals surface area contributed by atoms with Gasteiger partial charge in [0.25, 0.3) is 0 Å². The molecule has 1 aromatic rings. The van der Waals surface area contributed by atoms with E-state index < -0.39 is 8.80 Å². The lowest BCUT2D eigenvalue weighted by atomic mass is 10.1. The maximum Gasteiger partial charge on any atom is 0.501 e. The van der Waals surface area contributed by atoms with E-state index in [0.717, 1.165) is 51.5 Å². The Morgan fingerprint density at radius 3 is 0.887 bits per heavy atom. The van der Waals surface area contributed by atoms with Gasteiger partial charge in [-0.2, -0.15) is 0 Å². The Morgan fingerprint density at radius 2 is 0.642 bits per heavy atom. The van der Waals surface area contributed by atoms with Crippen molar-refractivity contribution in [3.05, 3.63) is 22.4 Å². The monoisotopic (exact) mass is 779 g/mol. The minimum Gasteiger partial charge on any atom is -0.373 e. The molecule has 1 heterocycles. The number of rotatable bonds is 45. The van der Waals surface area contributed by atoms with Gasteiger partial charge in [0.2, 0.25) is 0 Å². The third kappa shape index (κ3) is 34.7. The molecule has 0 aromatic carbocycles. The van der Waals surface area contributed by atoms with Crippen LogP contribution in [0.5, 0.6) is 0 Å². The molecule has 5 heteroatoms. The zero-order chi connectivity index (χ0) is 38.0. The van der Waals surface area contributed by atoms with Gasteiger partial charge < -0.3 is 13.3 Å². The van der Waals surface area contributed by atoms with Gasteiger partial charge in [0.1, 0.15) is 0 Å². The van der Waals surface area contributed by atoms with E-state index in [1.807, 2.05) is 11.3 Å². The van der Waals surface area contributed by atoms with Crippen LogP contribution in [0.15, 0.2) is 17.5 Å². The molecule has 0 radical (unpaired) electrons. The summed E-state index contributed by atoms with van der Waals surface area (Å²) in [6.07, 6.45) is 50.3. The highest BCUT2D eigenvalue weighted by atomic mass is 32.1. The topological polar surface area (TPSA) is 27.7 Å². The number of hydrogen-bond acceptors (Lipinski definition) is 4. The highest BCUT2D eigenvalue weighted by Crippen LogP contribution is 2.24. The minimum absolute atomic E-state index is 0.797. The molecule has 0 aliphatic carbocycles. The van der Waals surface area contributed by atoms with Gasteiger partial charge in [-0.15, -0.1) is 11.3 Å². The second-order valence-electron chi connectivity index (χ2n) is 16.5. The van der Waals surface area contributed by atoms with Gasteiger partial charge in [-0.1, -0.05) is 239 Å². The zero-order valence-electron chi connectivity index (χ0n) is 36.4. The van der Waals surface area contributed by atoms with Crippen LogP contribution in [0.4, 0.5) is 0 Å². The van der Waals surface area contributed by atoms with Crippen molar-refractivity contribution in [2.24, 2.45) is 0 Å². The second kappa shape index (κ2) is 41.4. The molecule has 0 atom stereocenters. The van der Waals surface area contributed by atoms with Gasteiger partial charge in [-0.3, -0.25) is 0 Å². The standard InChI is InChI=1S/C48H94O3SSi/c1-4-7-10-13-16-19-22-25-28-31-34-37-43-49-53(47-42-48-41-40-46-52-48,50-44-38-35-32-29-26-23-20-17-14-11-8-5-2)51-45-39-36-33-30-27-24-21-18-15-12-9-6-3/h40-41,46H,4-39,42-45,47H2,1-3H3. The van der Waals surface area contributed by atoms with E-state index in [-0.39, 0.29) is 0 Å². The van der Waals surface area contributed by atoms with Crippen molar-refractivity contribution in [2.75, 3.05) is 19.8 Å². The first-order valence-corrected chi connectivity index (χ1v) is 27.0. The lowest BCUT2D eigenvalue weighted by Gasteiger charge is -2.30. The summed E-state index contributed by atoms with van der Waals surface area (Å²) in [7, 11) is -2.75. The molecular weight excluding hydrogens is 685 g/mol. The number of unbranched alkanes of at least 4 members (excludes halogenated alkanes) is 33. The fourth-order valence-electron chi connectivity index (χ4n) is 7.58. The molecule has 1 rings (SSSR count). The first kappa shape index (κ1) is 50.8. The second-order valence-corrected chi connectivity index (χ2v) is 20.2. The molecule has 0 saturated carbocycles. The van der Waals surface area contributed by atoms with Crippen LogP contribution in [-0.4, -0.2) is 28.6 Å². The third-order valence-corrected chi connectivity index (χ3v) is 14.9. The molecule has 0 unspecified atom stereocenters. The molecule has 1 aromatic heterocycles. The maximum absolute atomic E-state index is 6.83. The summed E-state index contributed by atoms with van der Waals surface area (Å²) in [5.74, 6) is 0. The van der Waals surface area contributed by atoms with E-state index in [1.165, 1.54) is 217 Å². The van der Waals surface area contributed by atoms with Crippen LogP contribution in [0.25, 0.3) is 0 Å². The van der Waals surface area contributed by atoms with E-state index in [1.54, 1.807) is 0 Å². The van der Waals surface area contributed by atoms with Crippen molar-refractivity contribution in [1.29, 1.82) is 0 Å². The summed E-state index contributed by atoms with van der Waals surface area (Å²) in [6.45, 7) is 9.30. The van der Waals surface area contributed by atoms with Crippen molar-refractivity contribution in [1.82, 2.24) is 0 Å². The van der Waals surface area contributed by atoms with E-state index in [2.05, 4.69) is 38.3 Å². The van der Waals surface area contributed by atoms with Gasteiger partial charge in [0.15, 0.2) is 0 Å². The average molecular weight is 779 g/mol. The van der Waals surface area contributed by atoms with Crippen molar-refractivity contribution in [3.63, 3.8) is 0 Å². The summed E-state index contributed by atoms with van der Waals surface area (Å²) in [5, 5.41) is 2.20. The fraction of sp³-hybridized carbons (Fsp3) is 0.917. The maximum atomic E-state index is 6.83. The van der Waals surface area contributed by atoms with Crippen LogP contribution in [-0.2, 0) is 19.7 Å². The summed E-state index contributed by atoms with van der Waals surface area (Å²) >= 11 is 1.86. The summed E-state index contributed by atoms with van der Waals surface area (Å²) in [4.78, 5) is 1.43. The minimum atomic E-state index is -2.75. The molecule has 0 bridgehead atoms. The molecule has 53 heavy (non-hydrogen) atoms. The van der Waals surface area contributed by atoms with E-state index >= 15 is 0 Å². The summed E-state index contributed by atoms with van der Waals surface area (Å²) in [5.41, 5.74) is 0. The van der Waals surface area contributed by atoms with E-state index in [4.69, 9.17) is 13.3 Å². The van der Waals surface area contributed by atoms with Crippen molar-refractivity contribution >= 4 is 20.1 Å². The summed E-state index contributed by atoms with van der Waals surface area (Å²) in [6, 6.07) is 5.37. The predicted octanol–water partition coefficient (Wildman–Crippen LogP) is 17.4. The molecule has 0 saturated heterocycles. The zero-order valence-corrected chi connectivity index (χ0v) is 38.2. The SMILES string of the molecule is CCCCCCCCCCCCCCO[Si](CCc1cccs1)(OCCCCCCCCCCCCCC)OCCCCCCCCCCCCCC. The van der Waals surface area contributed by atoms with Crippen LogP contribution in [0.2, 0.25) is 6.04 Å². The van der Waals surface area contributed by atoms with Crippen molar-refractivity contribution in [3.8, 4) is 0 Å². The number of hydrogen-bond donors (Lipinski definition) is 0. The number of aryl methyl sites for hydroxylation is 1. The fourth-order valence-corrected chi connectivity index (χ4v) is 11.1. The lowest BCUT2D eigenvalue weighted by molar-refractivity contribution is 0.0553. The normalized spacial score (nSPS) is 12.0. The quantitative estimate of drug-likeness (QED) is 0.0487. The smallest absolute Gasteiger partial charge is 0.373 e. The Morgan fingerprint density at radius 1 is 0.377 bits per heavy atom. The molecule has 0 aliphatic heterocycles. The van der Waals surface area contributed by atoms with Crippen molar-refractivity contribution < 1.29 is 13.3 Å². The van der Waals surface area contributed by atoms with Crippen LogP contribution in [0.3, 0.4) is 0 Å². The first-order chi connectivity index (χ1) is 26.3. The molecular formula is C48H94O3SSi. The van der Waals surface area contributed by atoms with Crippen LogP contribution in [0.1, 0.15) is 257 Å². The first-order valence-electron chi connectivity index (χ1n) is 24.2. The molecule has 0 fully saturated rings. The van der Waals surface area contributed by atoms with Gasteiger partial charge in [0, 0.05) is 30.7 Å². The van der Waals surface area contributed by atoms with Crippen LogP contribution >= 0.6 is 11.3 Å². The Hall–Kier alpha value is -0.203. The Kier molecular flexibility index (Phi) is 39.7. The van der Waals surface area contributed by atoms with E-state index in [0.29, 0.717) is 0 Å². The van der Waals surface area contributed by atoms with Gasteiger partial charge >= 0.3 is 8.80 Å². The summed E-state index contributed by atoms with van der Waals surface area (Å²) < 4.78 is 20.5. The average Bonchev–Trinajstić information content (AvgIpc) is 3.70. The highest BCUT2D eigenvalue weighted by Gasteiger charge is 2.41. The number of thiophene rings is 1. The molecule has 0 spiro atoms. The molecule has 0 aliphatic rings. The van der Waals surface area contributed by atoms with Gasteiger partial charge in [-0.05, 0) is 37.1 Å². The third-order valence-electron chi connectivity index (χ3n) is 11.2. The molecule has 0 N–H and O–H groups in total. The van der Waals surface area contributed by atoms with Crippen molar-refractivity contribution in [2.45, 2.75) is 264 Å². The Balaban J connectivity index is 2.48. The van der Waals surface area contributed by atoms with Crippen LogP contribution in [0, 0.1) is 0 Å². The van der Waals surface area contributed by atoms with Crippen LogP contribution < -0.4 is 0 Å². The lowest BCUT2D eigenvalue weighted by Crippen LogP contribution is -2.47. The van der Waals surface area contributed by atoms with Gasteiger partial charge in [0.05, 0.1) is 0 Å². The Labute approximate surface area is 338 Å². The molecule has 3 nitrogen and oxygen atoms in total. The Bertz CT molecular complexity index is 729. The molecule has 314 valence electrons. The van der Waals surface area contributed by atoms with Gasteiger partial charge in [-0.25, -0.2) is 0 Å². The largest absolute Gasteiger partial charge is 0.501 e. The molecule has 0 amide bonds. The predicted molar refractivity (Wildman–Crippen MR) is 240 cm³/mol. The van der Waals surface area contributed by atoms with E-state index in [9.17, 15) is 0 Å².